The van der Waals surface area contributed by atoms with E-state index in [1.54, 1.807) is 0 Å². The van der Waals surface area contributed by atoms with Crippen LogP contribution in [-0.4, -0.2) is 149 Å². The molecular formula is C60H86N6O15S. The van der Waals surface area contributed by atoms with Crippen LogP contribution in [0.1, 0.15) is 161 Å². The molecule has 3 amide bonds. The lowest BCUT2D eigenvalue weighted by Gasteiger charge is -2.20. The van der Waals surface area contributed by atoms with E-state index < -0.39 is 12.3 Å². The molecule has 0 radical (unpaired) electrons. The van der Waals surface area contributed by atoms with Crippen molar-refractivity contribution >= 4 is 47.9 Å². The monoisotopic (exact) mass is 1160 g/mol. The molecule has 3 unspecified atom stereocenters. The molecule has 9 rings (SSSR count). The Kier molecular flexibility index (Phi) is 21.5. The SMILES string of the molecule is C=C1C(=O)O[C@H]2[C@H]1CC/C(COC(=O)OCCC(CCOC(=O)OC/C1=C/CC[C@@]3(C)O[C@H]3[C@H]3OC(=O)C(=C)[C@@H]3CC1)OCCCCCCCCCCn1cc(CNC(=O)CCCCC3SCC4NC(=O)NC43)nn1)=C\CC[C@@]1(C)O[C@@H]21. The number of fused-ring (bicyclic) bond motifs is 7. The lowest BCUT2D eigenvalue weighted by Crippen LogP contribution is -2.36. The predicted molar refractivity (Wildman–Crippen MR) is 301 cm³/mol. The van der Waals surface area contributed by atoms with Gasteiger partial charge in [0.15, 0.2) is 0 Å². The van der Waals surface area contributed by atoms with E-state index in [0.29, 0.717) is 74.5 Å². The van der Waals surface area contributed by atoms with Gasteiger partial charge in [-0.05, 0) is 102 Å². The number of carbonyl (C=O) groups excluding carboxylic acids is 6. The highest BCUT2D eigenvalue weighted by Gasteiger charge is 2.62. The van der Waals surface area contributed by atoms with E-state index >= 15 is 0 Å². The predicted octanol–water partition coefficient (Wildman–Crippen LogP) is 8.72. The molecule has 6 fully saturated rings. The third-order valence-corrected chi connectivity index (χ3v) is 19.2. The highest BCUT2D eigenvalue weighted by atomic mass is 32.2. The van der Waals surface area contributed by atoms with Crippen LogP contribution in [0.15, 0.2) is 53.8 Å². The molecule has 1 aromatic rings. The minimum Gasteiger partial charge on any atom is -0.455 e. The fourth-order valence-electron chi connectivity index (χ4n) is 12.5. The second kappa shape index (κ2) is 28.9. The molecule has 0 spiro atoms. The minimum absolute atomic E-state index is 0.0100. The number of aromatic nitrogens is 3. The Balaban J connectivity index is 0.642. The molecule has 22 heteroatoms. The van der Waals surface area contributed by atoms with Gasteiger partial charge in [-0.3, -0.25) is 9.48 Å². The van der Waals surface area contributed by atoms with E-state index in [2.05, 4.69) is 51.6 Å². The third-order valence-electron chi connectivity index (χ3n) is 17.7. The normalized spacial score (nSPS) is 31.6. The van der Waals surface area contributed by atoms with E-state index in [4.69, 9.17) is 42.6 Å². The molecule has 3 N–H and O–H groups in total. The number of esters is 2. The van der Waals surface area contributed by atoms with Crippen LogP contribution in [-0.2, 0) is 70.1 Å². The number of hydrogen-bond acceptors (Lipinski definition) is 18. The van der Waals surface area contributed by atoms with Gasteiger partial charge in [-0.1, -0.05) is 75.5 Å². The minimum atomic E-state index is -0.794. The first-order chi connectivity index (χ1) is 39.6. The van der Waals surface area contributed by atoms with Crippen molar-refractivity contribution in [3.05, 3.63) is 59.5 Å². The van der Waals surface area contributed by atoms with Crippen molar-refractivity contribution in [2.45, 2.75) is 227 Å². The van der Waals surface area contributed by atoms with Gasteiger partial charge in [-0.15, -0.1) is 5.10 Å². The molecule has 82 heavy (non-hydrogen) atoms. The van der Waals surface area contributed by atoms with Crippen LogP contribution in [0, 0.1) is 11.8 Å². The number of amides is 3. The Hall–Kier alpha value is -5.45. The molecule has 7 heterocycles. The number of carbonyl (C=O) groups is 6. The number of rotatable bonds is 29. The smallest absolute Gasteiger partial charge is 0.455 e. The summed E-state index contributed by atoms with van der Waals surface area (Å²) < 4.78 is 53.7. The van der Waals surface area contributed by atoms with Gasteiger partial charge in [0, 0.05) is 66.4 Å². The third kappa shape index (κ3) is 16.9. The topological polar surface area (TPSA) is 259 Å². The van der Waals surface area contributed by atoms with Crippen molar-refractivity contribution in [1.82, 2.24) is 30.9 Å². The molecule has 11 atom stereocenters. The molecule has 6 saturated heterocycles. The van der Waals surface area contributed by atoms with Crippen LogP contribution in [0.2, 0.25) is 0 Å². The molecule has 0 saturated carbocycles. The lowest BCUT2D eigenvalue weighted by atomic mass is 9.84. The van der Waals surface area contributed by atoms with Crippen LogP contribution in [0.25, 0.3) is 0 Å². The van der Waals surface area contributed by atoms with Crippen LogP contribution >= 0.6 is 11.8 Å². The number of nitrogens with zero attached hydrogens (tertiary/aromatic N) is 3. The number of urea groups is 1. The fraction of sp³-hybridized carbons (Fsp3) is 0.733. The summed E-state index contributed by atoms with van der Waals surface area (Å²) in [5.74, 6) is -0.132. The highest BCUT2D eigenvalue weighted by molar-refractivity contribution is 8.00. The second-order valence-electron chi connectivity index (χ2n) is 23.9. The summed E-state index contributed by atoms with van der Waals surface area (Å²) in [7, 11) is 0. The number of ether oxygens (including phenoxy) is 9. The largest absolute Gasteiger partial charge is 0.508 e. The molecule has 0 aromatic carbocycles. The maximum Gasteiger partial charge on any atom is 0.508 e. The Morgan fingerprint density at radius 3 is 1.93 bits per heavy atom. The lowest BCUT2D eigenvalue weighted by molar-refractivity contribution is -0.140. The van der Waals surface area contributed by atoms with Gasteiger partial charge in [-0.2, -0.15) is 11.8 Å². The first-order valence-corrected chi connectivity index (χ1v) is 31.3. The van der Waals surface area contributed by atoms with Gasteiger partial charge in [0.25, 0.3) is 0 Å². The van der Waals surface area contributed by atoms with Gasteiger partial charge < -0.3 is 58.6 Å². The Bertz CT molecular complexity index is 2410. The molecule has 21 nitrogen and oxygen atoms in total. The van der Waals surface area contributed by atoms with Gasteiger partial charge >= 0.3 is 30.3 Å². The quantitative estimate of drug-likeness (QED) is 0.0129. The maximum atomic E-state index is 12.9. The van der Waals surface area contributed by atoms with Crippen LogP contribution in [0.4, 0.5) is 14.4 Å². The molecule has 6 aliphatic heterocycles. The second-order valence-corrected chi connectivity index (χ2v) is 25.1. The van der Waals surface area contributed by atoms with Crippen molar-refractivity contribution in [3.8, 4) is 0 Å². The summed E-state index contributed by atoms with van der Waals surface area (Å²) in [4.78, 5) is 74.8. The zero-order valence-corrected chi connectivity index (χ0v) is 48.8. The van der Waals surface area contributed by atoms with Crippen molar-refractivity contribution in [2.75, 3.05) is 38.8 Å². The fourth-order valence-corrected chi connectivity index (χ4v) is 14.1. The van der Waals surface area contributed by atoms with E-state index in [0.717, 1.165) is 125 Å². The number of allylic oxidation sites excluding steroid dienone is 2. The van der Waals surface area contributed by atoms with E-state index in [1.165, 1.54) is 0 Å². The average molecular weight is 1160 g/mol. The van der Waals surface area contributed by atoms with Gasteiger partial charge in [0.05, 0.1) is 55.3 Å². The number of hydrogen-bond donors (Lipinski definition) is 3. The maximum absolute atomic E-state index is 12.9. The molecule has 2 aliphatic carbocycles. The average Bonchev–Trinajstić information content (AvgIpc) is 3.63. The molecule has 452 valence electrons. The summed E-state index contributed by atoms with van der Waals surface area (Å²) in [5.41, 5.74) is 2.79. The van der Waals surface area contributed by atoms with Crippen LogP contribution in [0.3, 0.4) is 0 Å². The number of unbranched alkanes of at least 4 members (excludes halogenated alkanes) is 8. The van der Waals surface area contributed by atoms with Crippen molar-refractivity contribution < 1.29 is 71.4 Å². The summed E-state index contributed by atoms with van der Waals surface area (Å²) in [6, 6.07) is 0.338. The van der Waals surface area contributed by atoms with E-state index in [1.807, 2.05) is 36.5 Å². The van der Waals surface area contributed by atoms with E-state index in [-0.39, 0.29) is 116 Å². The van der Waals surface area contributed by atoms with Gasteiger partial charge in [0.2, 0.25) is 5.91 Å². The van der Waals surface area contributed by atoms with Gasteiger partial charge in [0.1, 0.15) is 43.3 Å². The number of aryl methyl sites for hydroxylation is 1. The Morgan fingerprint density at radius 1 is 0.756 bits per heavy atom. The zero-order chi connectivity index (χ0) is 57.6. The molecule has 1 aromatic heterocycles. The van der Waals surface area contributed by atoms with Gasteiger partial charge in [-0.25, -0.2) is 24.0 Å². The highest BCUT2D eigenvalue weighted by Crippen LogP contribution is 2.51. The van der Waals surface area contributed by atoms with E-state index in [9.17, 15) is 28.8 Å². The molecular weight excluding hydrogens is 1080 g/mol. The standard InChI is InChI=1S/C60H86N6O15S/c1-38-44-23-21-40(17-15-27-59(3)52(80-59)50(44)78-54(38)68)35-76-57(71)74-31-25-43(26-32-75-58(72)77-36-41-18-16-28-60(4)53(81-60)51-45(24-22-41)39(2)55(69)79-51)73-30-14-10-8-6-5-7-9-13-29-66-34-42(64-65-66)33-61-48(67)20-12-11-19-47-49-46(37-82-47)62-56(70)63-49/h17-18,34,43-47,49-53H,1-2,5-16,19-33,35-37H2,3-4H3,(H,61,67)(H2,62,63,70)/b40-17+,41-18+/t44-,45-,46?,47?,49?,50-,51-,52-,53-,59+,60+/m0/s1. The van der Waals surface area contributed by atoms with Crippen LogP contribution < -0.4 is 16.0 Å². The van der Waals surface area contributed by atoms with Crippen molar-refractivity contribution in [2.24, 2.45) is 11.8 Å². The van der Waals surface area contributed by atoms with Crippen molar-refractivity contribution in [3.63, 3.8) is 0 Å². The zero-order valence-electron chi connectivity index (χ0n) is 48.0. The molecule has 0 bridgehead atoms. The first kappa shape index (κ1) is 61.1. The molecule has 8 aliphatic rings. The summed E-state index contributed by atoms with van der Waals surface area (Å²) in [6.07, 6.45) is 20.9. The Morgan fingerprint density at radius 2 is 1.33 bits per heavy atom. The summed E-state index contributed by atoms with van der Waals surface area (Å²) in [6.45, 7) is 13.9. The Labute approximate surface area is 485 Å². The summed E-state index contributed by atoms with van der Waals surface area (Å²) >= 11 is 1.89. The van der Waals surface area contributed by atoms with Crippen molar-refractivity contribution in [1.29, 1.82) is 0 Å². The first-order valence-electron chi connectivity index (χ1n) is 30.2. The number of nitrogens with one attached hydrogen (secondary N) is 3. The van der Waals surface area contributed by atoms with Crippen LogP contribution in [0.5, 0.6) is 0 Å². The summed E-state index contributed by atoms with van der Waals surface area (Å²) in [5, 5.41) is 17.9. The number of thioether (sulfide) groups is 1. The number of epoxide rings is 2.